The van der Waals surface area contributed by atoms with Crippen LogP contribution >= 0.6 is 11.3 Å². The first-order valence-electron chi connectivity index (χ1n) is 8.06. The second-order valence-corrected chi connectivity index (χ2v) is 6.62. The van der Waals surface area contributed by atoms with Crippen molar-refractivity contribution in [1.29, 1.82) is 0 Å². The van der Waals surface area contributed by atoms with Crippen LogP contribution in [0.4, 0.5) is 4.79 Å². The summed E-state index contributed by atoms with van der Waals surface area (Å²) in [6.07, 6.45) is 2.14. The summed E-state index contributed by atoms with van der Waals surface area (Å²) in [7, 11) is 1.86. The maximum absolute atomic E-state index is 12.2. The molecule has 22 heavy (non-hydrogen) atoms. The molecule has 6 heteroatoms. The molecular weight excluding hydrogens is 298 g/mol. The van der Waals surface area contributed by atoms with Gasteiger partial charge in [-0.1, -0.05) is 19.4 Å². The molecule has 1 aliphatic heterocycles. The van der Waals surface area contributed by atoms with Gasteiger partial charge in [-0.05, 0) is 17.9 Å². The highest BCUT2D eigenvalue weighted by Gasteiger charge is 2.24. The molecule has 0 unspecified atom stereocenters. The predicted molar refractivity (Wildman–Crippen MR) is 90.4 cm³/mol. The van der Waals surface area contributed by atoms with Gasteiger partial charge in [0, 0.05) is 38.1 Å². The van der Waals surface area contributed by atoms with Crippen molar-refractivity contribution in [2.24, 2.45) is 0 Å². The quantitative estimate of drug-likeness (QED) is 0.838. The molecule has 2 heterocycles. The van der Waals surface area contributed by atoms with Gasteiger partial charge in [0.05, 0.1) is 19.3 Å². The number of rotatable bonds is 7. The predicted octanol–water partition coefficient (Wildman–Crippen LogP) is 2.56. The number of ether oxygens (including phenoxy) is 1. The zero-order chi connectivity index (χ0) is 15.8. The van der Waals surface area contributed by atoms with Crippen molar-refractivity contribution in [1.82, 2.24) is 15.1 Å². The van der Waals surface area contributed by atoms with Crippen molar-refractivity contribution < 1.29 is 9.53 Å². The number of nitrogens with zero attached hydrogens (tertiary/aromatic N) is 2. The van der Waals surface area contributed by atoms with E-state index in [0.717, 1.165) is 45.7 Å². The largest absolute Gasteiger partial charge is 0.379 e. The van der Waals surface area contributed by atoms with E-state index in [4.69, 9.17) is 4.74 Å². The van der Waals surface area contributed by atoms with Gasteiger partial charge in [-0.25, -0.2) is 4.79 Å². The van der Waals surface area contributed by atoms with E-state index in [2.05, 4.69) is 34.7 Å². The van der Waals surface area contributed by atoms with Gasteiger partial charge in [-0.3, -0.25) is 4.90 Å². The van der Waals surface area contributed by atoms with Gasteiger partial charge in [-0.2, -0.15) is 0 Å². The second-order valence-electron chi connectivity index (χ2n) is 5.64. The fraction of sp³-hybridized carbons (Fsp3) is 0.688. The third kappa shape index (κ3) is 4.97. The minimum Gasteiger partial charge on any atom is -0.379 e. The summed E-state index contributed by atoms with van der Waals surface area (Å²) in [5.41, 5.74) is 0. The number of nitrogens with one attached hydrogen (secondary N) is 1. The van der Waals surface area contributed by atoms with Crippen molar-refractivity contribution in [3.63, 3.8) is 0 Å². The third-order valence-corrected chi connectivity index (χ3v) is 4.97. The number of carbonyl (C=O) groups is 1. The fourth-order valence-electron chi connectivity index (χ4n) is 2.60. The summed E-state index contributed by atoms with van der Waals surface area (Å²) in [4.78, 5) is 17.7. The minimum atomic E-state index is 0.0169. The van der Waals surface area contributed by atoms with Crippen LogP contribution in [0, 0.1) is 0 Å². The van der Waals surface area contributed by atoms with Crippen molar-refractivity contribution in [3.8, 4) is 0 Å². The van der Waals surface area contributed by atoms with Crippen molar-refractivity contribution >= 4 is 17.4 Å². The topological polar surface area (TPSA) is 44.8 Å². The molecule has 0 aromatic carbocycles. The molecule has 2 amide bonds. The van der Waals surface area contributed by atoms with Crippen LogP contribution in [0.25, 0.3) is 0 Å². The summed E-state index contributed by atoms with van der Waals surface area (Å²) >= 11 is 1.75. The summed E-state index contributed by atoms with van der Waals surface area (Å²) in [6, 6.07) is 4.48. The monoisotopic (exact) mass is 325 g/mol. The molecule has 0 radical (unpaired) electrons. The standard InChI is InChI=1S/C16H27N3O2S/c1-3-4-7-18(2)16(20)17-13-14(15-6-5-12-22-15)19-8-10-21-11-9-19/h5-6,12,14H,3-4,7-11,13H2,1-2H3,(H,17,20)/t14-/m0/s1. The normalized spacial score (nSPS) is 17.2. The molecular formula is C16H27N3O2S. The van der Waals surface area contributed by atoms with Crippen LogP contribution in [0.3, 0.4) is 0 Å². The maximum Gasteiger partial charge on any atom is 0.317 e. The molecule has 1 atom stereocenters. The lowest BCUT2D eigenvalue weighted by Crippen LogP contribution is -2.46. The summed E-state index contributed by atoms with van der Waals surface area (Å²) in [5, 5.41) is 5.18. The van der Waals surface area contributed by atoms with Crippen LogP contribution in [0.2, 0.25) is 0 Å². The van der Waals surface area contributed by atoms with Crippen LogP contribution in [0.5, 0.6) is 0 Å². The average molecular weight is 325 g/mol. The highest BCUT2D eigenvalue weighted by Crippen LogP contribution is 2.25. The first-order chi connectivity index (χ1) is 10.7. The molecule has 1 aromatic rings. The van der Waals surface area contributed by atoms with Gasteiger partial charge < -0.3 is 15.0 Å². The van der Waals surface area contributed by atoms with E-state index in [1.807, 2.05) is 7.05 Å². The first kappa shape index (κ1) is 17.2. The number of morpholine rings is 1. The summed E-state index contributed by atoms with van der Waals surface area (Å²) in [5.74, 6) is 0. The van der Waals surface area contributed by atoms with E-state index in [1.165, 1.54) is 4.88 Å². The number of urea groups is 1. The highest BCUT2D eigenvalue weighted by atomic mass is 32.1. The Hall–Kier alpha value is -1.11. The summed E-state index contributed by atoms with van der Waals surface area (Å²) in [6.45, 7) is 6.98. The number of unbranched alkanes of at least 4 members (excludes halogenated alkanes) is 1. The Kier molecular flexibility index (Phi) is 7.15. The zero-order valence-electron chi connectivity index (χ0n) is 13.6. The number of hydrogen-bond acceptors (Lipinski definition) is 4. The SMILES string of the molecule is CCCCN(C)C(=O)NC[C@@H](c1cccs1)N1CCOCC1. The zero-order valence-corrected chi connectivity index (χ0v) is 14.4. The Labute approximate surface area is 137 Å². The third-order valence-electron chi connectivity index (χ3n) is 4.00. The van der Waals surface area contributed by atoms with E-state index >= 15 is 0 Å². The number of hydrogen-bond donors (Lipinski definition) is 1. The molecule has 124 valence electrons. The van der Waals surface area contributed by atoms with Crippen LogP contribution in [-0.2, 0) is 4.74 Å². The molecule has 0 aliphatic carbocycles. The smallest absolute Gasteiger partial charge is 0.317 e. The van der Waals surface area contributed by atoms with Gasteiger partial charge in [-0.15, -0.1) is 11.3 Å². The Morgan fingerprint density at radius 2 is 2.27 bits per heavy atom. The average Bonchev–Trinajstić information content (AvgIpc) is 3.08. The van der Waals surface area contributed by atoms with Crippen molar-refractivity contribution in [3.05, 3.63) is 22.4 Å². The van der Waals surface area contributed by atoms with Gasteiger partial charge in [0.15, 0.2) is 0 Å². The molecule has 5 nitrogen and oxygen atoms in total. The van der Waals surface area contributed by atoms with Crippen LogP contribution in [0.1, 0.15) is 30.7 Å². The van der Waals surface area contributed by atoms with E-state index in [1.54, 1.807) is 16.2 Å². The second kappa shape index (κ2) is 9.12. The molecule has 1 aromatic heterocycles. The van der Waals surface area contributed by atoms with Gasteiger partial charge in [0.2, 0.25) is 0 Å². The molecule has 0 saturated carbocycles. The lowest BCUT2D eigenvalue weighted by molar-refractivity contribution is 0.0172. The molecule has 0 spiro atoms. The van der Waals surface area contributed by atoms with Crippen LogP contribution in [0.15, 0.2) is 17.5 Å². The number of carbonyl (C=O) groups excluding carboxylic acids is 1. The number of amides is 2. The van der Waals surface area contributed by atoms with Crippen LogP contribution < -0.4 is 5.32 Å². The van der Waals surface area contributed by atoms with E-state index in [0.29, 0.717) is 6.54 Å². The van der Waals surface area contributed by atoms with E-state index in [9.17, 15) is 4.79 Å². The highest BCUT2D eigenvalue weighted by molar-refractivity contribution is 7.10. The fourth-order valence-corrected chi connectivity index (χ4v) is 3.46. The molecule has 0 bridgehead atoms. The van der Waals surface area contributed by atoms with E-state index in [-0.39, 0.29) is 12.1 Å². The van der Waals surface area contributed by atoms with Gasteiger partial charge in [0.25, 0.3) is 0 Å². The molecule has 2 rings (SSSR count). The lowest BCUT2D eigenvalue weighted by atomic mass is 10.2. The van der Waals surface area contributed by atoms with E-state index < -0.39 is 0 Å². The molecule has 1 aliphatic rings. The maximum atomic E-state index is 12.2. The lowest BCUT2D eigenvalue weighted by Gasteiger charge is -2.34. The molecule has 1 fully saturated rings. The summed E-state index contributed by atoms with van der Waals surface area (Å²) < 4.78 is 5.44. The van der Waals surface area contributed by atoms with Gasteiger partial charge >= 0.3 is 6.03 Å². The number of thiophene rings is 1. The Balaban J connectivity index is 1.91. The first-order valence-corrected chi connectivity index (χ1v) is 8.94. The molecule has 1 N–H and O–H groups in total. The minimum absolute atomic E-state index is 0.0169. The van der Waals surface area contributed by atoms with Crippen LogP contribution in [-0.4, -0.2) is 62.3 Å². The Morgan fingerprint density at radius 3 is 2.91 bits per heavy atom. The Morgan fingerprint density at radius 1 is 1.50 bits per heavy atom. The molecule has 1 saturated heterocycles. The van der Waals surface area contributed by atoms with Crippen molar-refractivity contribution in [2.75, 3.05) is 46.4 Å². The van der Waals surface area contributed by atoms with Gasteiger partial charge in [0.1, 0.15) is 0 Å². The van der Waals surface area contributed by atoms with Crippen molar-refractivity contribution in [2.45, 2.75) is 25.8 Å². The Bertz CT molecular complexity index is 433.